The fourth-order valence-corrected chi connectivity index (χ4v) is 2.27. The Hall–Kier alpha value is -2.08. The Balaban J connectivity index is 1.88. The van der Waals surface area contributed by atoms with Gasteiger partial charge in [-0.15, -0.1) is 10.2 Å². The summed E-state index contributed by atoms with van der Waals surface area (Å²) in [5.41, 5.74) is 0.873. The van der Waals surface area contributed by atoms with E-state index in [9.17, 15) is 4.79 Å². The highest BCUT2D eigenvalue weighted by Gasteiger charge is 2.09. The lowest BCUT2D eigenvalue weighted by molar-refractivity contribution is -0.121. The van der Waals surface area contributed by atoms with Gasteiger partial charge in [-0.25, -0.2) is 0 Å². The maximum absolute atomic E-state index is 12.0. The van der Waals surface area contributed by atoms with E-state index >= 15 is 0 Å². The smallest absolute Gasteiger partial charge is 0.220 e. The molecule has 7 heteroatoms. The zero-order chi connectivity index (χ0) is 16.7. The summed E-state index contributed by atoms with van der Waals surface area (Å²) in [5, 5.41) is 11.3. The van der Waals surface area contributed by atoms with Gasteiger partial charge in [-0.1, -0.05) is 18.5 Å². The van der Waals surface area contributed by atoms with Crippen molar-refractivity contribution in [1.29, 1.82) is 0 Å². The van der Waals surface area contributed by atoms with Crippen LogP contribution in [0.1, 0.15) is 31.2 Å². The molecule has 0 saturated carbocycles. The molecule has 1 aromatic heterocycles. The van der Waals surface area contributed by atoms with Crippen LogP contribution in [0.5, 0.6) is 5.75 Å². The minimum absolute atomic E-state index is 0.0468. The average Bonchev–Trinajstić information content (AvgIpc) is 2.95. The first-order valence-electron chi connectivity index (χ1n) is 7.61. The number of hydrogen-bond acceptors (Lipinski definition) is 4. The van der Waals surface area contributed by atoms with E-state index in [-0.39, 0.29) is 5.91 Å². The Kier molecular flexibility index (Phi) is 6.40. The van der Waals surface area contributed by atoms with Crippen molar-refractivity contribution in [3.8, 4) is 5.75 Å². The standard InChI is InChI=1S/C16H21ClN4O2/c1-3-8-23-14-5-4-13(17)9-12(14)10-18-16(22)7-6-15-20-19-11-21(15)2/h4-5,9,11H,3,6-8,10H2,1-2H3,(H,18,22). The van der Waals surface area contributed by atoms with Crippen LogP contribution in [0, 0.1) is 0 Å². The largest absolute Gasteiger partial charge is 0.493 e. The minimum Gasteiger partial charge on any atom is -0.493 e. The van der Waals surface area contributed by atoms with Crippen molar-refractivity contribution >= 4 is 17.5 Å². The molecular formula is C16H21ClN4O2. The number of amides is 1. The third-order valence-electron chi connectivity index (χ3n) is 3.34. The normalized spacial score (nSPS) is 10.6. The predicted molar refractivity (Wildman–Crippen MR) is 88.4 cm³/mol. The fraction of sp³-hybridized carbons (Fsp3) is 0.438. The van der Waals surface area contributed by atoms with E-state index in [0.29, 0.717) is 31.0 Å². The molecule has 1 N–H and O–H groups in total. The van der Waals surface area contributed by atoms with Gasteiger partial charge in [-0.05, 0) is 24.6 Å². The average molecular weight is 337 g/mol. The number of ether oxygens (including phenoxy) is 1. The Labute approximate surface area is 140 Å². The number of aryl methyl sites for hydroxylation is 2. The number of nitrogens with zero attached hydrogens (tertiary/aromatic N) is 3. The van der Waals surface area contributed by atoms with Crippen LogP contribution in [0.15, 0.2) is 24.5 Å². The van der Waals surface area contributed by atoms with Gasteiger partial charge in [0.25, 0.3) is 0 Å². The summed E-state index contributed by atoms with van der Waals surface area (Å²) in [7, 11) is 1.86. The van der Waals surface area contributed by atoms with Gasteiger partial charge in [-0.2, -0.15) is 0 Å². The van der Waals surface area contributed by atoms with Crippen molar-refractivity contribution < 1.29 is 9.53 Å². The zero-order valence-electron chi connectivity index (χ0n) is 13.4. The van der Waals surface area contributed by atoms with E-state index in [2.05, 4.69) is 15.5 Å². The number of nitrogens with one attached hydrogen (secondary N) is 1. The third-order valence-corrected chi connectivity index (χ3v) is 3.58. The number of benzene rings is 1. The molecule has 0 atom stereocenters. The highest BCUT2D eigenvalue weighted by Crippen LogP contribution is 2.23. The maximum Gasteiger partial charge on any atom is 0.220 e. The second-order valence-electron chi connectivity index (χ2n) is 5.24. The van der Waals surface area contributed by atoms with Gasteiger partial charge in [0.1, 0.15) is 17.9 Å². The van der Waals surface area contributed by atoms with Crippen molar-refractivity contribution in [3.05, 3.63) is 40.9 Å². The number of carbonyl (C=O) groups is 1. The van der Waals surface area contributed by atoms with E-state index in [4.69, 9.17) is 16.3 Å². The lowest BCUT2D eigenvalue weighted by Gasteiger charge is -2.12. The number of carbonyl (C=O) groups excluding carboxylic acids is 1. The molecule has 0 radical (unpaired) electrons. The van der Waals surface area contributed by atoms with Gasteiger partial charge in [0.2, 0.25) is 5.91 Å². The highest BCUT2D eigenvalue weighted by atomic mass is 35.5. The molecule has 0 spiro atoms. The molecule has 2 aromatic rings. The molecule has 124 valence electrons. The van der Waals surface area contributed by atoms with Gasteiger partial charge in [0, 0.05) is 37.0 Å². The van der Waals surface area contributed by atoms with Crippen LogP contribution in [0.3, 0.4) is 0 Å². The van der Waals surface area contributed by atoms with Crippen LogP contribution in [-0.4, -0.2) is 27.3 Å². The molecule has 23 heavy (non-hydrogen) atoms. The molecule has 0 aliphatic rings. The molecule has 0 fully saturated rings. The molecule has 0 unspecified atom stereocenters. The second kappa shape index (κ2) is 8.53. The van der Waals surface area contributed by atoms with Crippen LogP contribution >= 0.6 is 11.6 Å². The molecule has 0 saturated heterocycles. The van der Waals surface area contributed by atoms with E-state index in [1.807, 2.05) is 26.1 Å². The lowest BCUT2D eigenvalue weighted by Crippen LogP contribution is -2.23. The first-order chi connectivity index (χ1) is 11.1. The molecule has 1 aromatic carbocycles. The summed E-state index contributed by atoms with van der Waals surface area (Å²) < 4.78 is 7.48. The molecule has 1 amide bonds. The summed E-state index contributed by atoms with van der Waals surface area (Å²) >= 11 is 6.03. The van der Waals surface area contributed by atoms with Gasteiger partial charge in [0.05, 0.1) is 6.61 Å². The van der Waals surface area contributed by atoms with Crippen molar-refractivity contribution in [3.63, 3.8) is 0 Å². The molecular weight excluding hydrogens is 316 g/mol. The molecule has 2 rings (SSSR count). The monoisotopic (exact) mass is 336 g/mol. The first kappa shape index (κ1) is 17.3. The van der Waals surface area contributed by atoms with E-state index < -0.39 is 0 Å². The molecule has 0 aliphatic carbocycles. The fourth-order valence-electron chi connectivity index (χ4n) is 2.08. The second-order valence-corrected chi connectivity index (χ2v) is 5.67. The van der Waals surface area contributed by atoms with Gasteiger partial charge >= 0.3 is 0 Å². The van der Waals surface area contributed by atoms with Crippen LogP contribution in [-0.2, 0) is 24.8 Å². The summed E-state index contributed by atoms with van der Waals surface area (Å²) in [6.07, 6.45) is 3.46. The van der Waals surface area contributed by atoms with E-state index in [1.54, 1.807) is 17.0 Å². The van der Waals surface area contributed by atoms with E-state index in [0.717, 1.165) is 23.6 Å². The topological polar surface area (TPSA) is 69.0 Å². The number of aromatic nitrogens is 3. The predicted octanol–water partition coefficient (Wildman–Crippen LogP) is 2.51. The maximum atomic E-state index is 12.0. The summed E-state index contributed by atoms with van der Waals surface area (Å²) in [6, 6.07) is 5.43. The van der Waals surface area contributed by atoms with Crippen molar-refractivity contribution in [1.82, 2.24) is 20.1 Å². The summed E-state index contributed by atoms with van der Waals surface area (Å²) in [5.74, 6) is 1.49. The Morgan fingerprint density at radius 1 is 1.43 bits per heavy atom. The van der Waals surface area contributed by atoms with Crippen molar-refractivity contribution in [2.45, 2.75) is 32.7 Å². The molecule has 0 aliphatic heterocycles. The zero-order valence-corrected chi connectivity index (χ0v) is 14.1. The Morgan fingerprint density at radius 2 is 2.26 bits per heavy atom. The van der Waals surface area contributed by atoms with Crippen LogP contribution in [0.2, 0.25) is 5.02 Å². The summed E-state index contributed by atoms with van der Waals surface area (Å²) in [4.78, 5) is 12.0. The number of hydrogen-bond donors (Lipinski definition) is 1. The lowest BCUT2D eigenvalue weighted by atomic mass is 10.2. The van der Waals surface area contributed by atoms with Gasteiger partial charge in [0.15, 0.2) is 0 Å². The highest BCUT2D eigenvalue weighted by molar-refractivity contribution is 6.30. The van der Waals surface area contributed by atoms with Gasteiger partial charge in [-0.3, -0.25) is 4.79 Å². The van der Waals surface area contributed by atoms with Crippen molar-refractivity contribution in [2.75, 3.05) is 6.61 Å². The molecule has 6 nitrogen and oxygen atoms in total. The Bertz CT molecular complexity index is 657. The number of rotatable bonds is 8. The van der Waals surface area contributed by atoms with Gasteiger partial charge < -0.3 is 14.6 Å². The SMILES string of the molecule is CCCOc1ccc(Cl)cc1CNC(=O)CCc1nncn1C. The third kappa shape index (κ3) is 5.25. The minimum atomic E-state index is -0.0468. The molecule has 1 heterocycles. The quantitative estimate of drug-likeness (QED) is 0.804. The van der Waals surface area contributed by atoms with Crippen LogP contribution in [0.4, 0.5) is 0 Å². The summed E-state index contributed by atoms with van der Waals surface area (Å²) in [6.45, 7) is 3.07. The number of halogens is 1. The van der Waals surface area contributed by atoms with Crippen LogP contribution in [0.25, 0.3) is 0 Å². The van der Waals surface area contributed by atoms with Crippen LogP contribution < -0.4 is 10.1 Å². The molecule has 0 bridgehead atoms. The first-order valence-corrected chi connectivity index (χ1v) is 7.98. The van der Waals surface area contributed by atoms with E-state index in [1.165, 1.54) is 0 Å². The Morgan fingerprint density at radius 3 is 2.96 bits per heavy atom. The van der Waals surface area contributed by atoms with Crippen molar-refractivity contribution in [2.24, 2.45) is 7.05 Å².